The van der Waals surface area contributed by atoms with Crippen molar-refractivity contribution in [3.63, 3.8) is 0 Å². The average Bonchev–Trinajstić information content (AvgIpc) is 2.71. The highest BCUT2D eigenvalue weighted by atomic mass is 16.5. The third-order valence-electron chi connectivity index (χ3n) is 3.82. The van der Waals surface area contributed by atoms with Crippen LogP contribution in [0.4, 0.5) is 5.69 Å². The molecule has 0 saturated heterocycles. The van der Waals surface area contributed by atoms with Gasteiger partial charge in [0.05, 0.1) is 17.9 Å². The highest BCUT2D eigenvalue weighted by Crippen LogP contribution is 2.17. The second kappa shape index (κ2) is 10.5. The number of benzene rings is 2. The van der Waals surface area contributed by atoms with Crippen molar-refractivity contribution >= 4 is 17.6 Å². The molecule has 0 bridgehead atoms. The van der Waals surface area contributed by atoms with Crippen molar-refractivity contribution in [3.8, 4) is 6.07 Å². The van der Waals surface area contributed by atoms with E-state index in [1.807, 2.05) is 30.3 Å². The molecule has 0 spiro atoms. The number of esters is 1. The minimum Gasteiger partial charge on any atom is -0.462 e. The van der Waals surface area contributed by atoms with Crippen molar-refractivity contribution in [3.05, 3.63) is 77.0 Å². The van der Waals surface area contributed by atoms with Crippen LogP contribution in [0.5, 0.6) is 0 Å². The van der Waals surface area contributed by atoms with Crippen LogP contribution >= 0.6 is 0 Å². The maximum absolute atomic E-state index is 12.4. The molecule has 4 N–H and O–H groups in total. The first-order valence-electron chi connectivity index (χ1n) is 8.78. The largest absolute Gasteiger partial charge is 0.462 e. The van der Waals surface area contributed by atoms with Gasteiger partial charge in [0, 0.05) is 19.3 Å². The average molecular weight is 378 g/mol. The van der Waals surface area contributed by atoms with Crippen LogP contribution < -0.4 is 16.4 Å². The van der Waals surface area contributed by atoms with Crippen LogP contribution in [0, 0.1) is 11.3 Å². The monoisotopic (exact) mass is 378 g/mol. The first kappa shape index (κ1) is 20.7. The molecule has 144 valence electrons. The third-order valence-corrected chi connectivity index (χ3v) is 3.82. The molecule has 2 aromatic carbocycles. The molecule has 0 fully saturated rings. The third kappa shape index (κ3) is 5.69. The molecule has 2 rings (SSSR count). The summed E-state index contributed by atoms with van der Waals surface area (Å²) in [5, 5.41) is 14.8. The molecule has 0 radical (unpaired) electrons. The van der Waals surface area contributed by atoms with Gasteiger partial charge < -0.3 is 21.1 Å². The Kier molecular flexibility index (Phi) is 7.76. The van der Waals surface area contributed by atoms with Gasteiger partial charge in [0.1, 0.15) is 11.6 Å². The summed E-state index contributed by atoms with van der Waals surface area (Å²) in [4.78, 5) is 24.4. The Labute approximate surface area is 163 Å². The van der Waals surface area contributed by atoms with Gasteiger partial charge >= 0.3 is 5.97 Å². The number of hydrogen-bond donors (Lipinski definition) is 3. The topological polar surface area (TPSA) is 117 Å². The quantitative estimate of drug-likeness (QED) is 0.369. The number of ether oxygens (including phenoxy) is 1. The number of hydrogen-bond acceptors (Lipinski definition) is 6. The zero-order chi connectivity index (χ0) is 20.4. The number of nitriles is 1. The van der Waals surface area contributed by atoms with E-state index in [9.17, 15) is 14.9 Å². The number of carbonyl (C=O) groups excluding carboxylic acids is 2. The van der Waals surface area contributed by atoms with Gasteiger partial charge in [0.15, 0.2) is 0 Å². The first-order valence-corrected chi connectivity index (χ1v) is 8.78. The molecule has 0 unspecified atom stereocenters. The molecule has 28 heavy (non-hydrogen) atoms. The SMILES string of the molecule is CCOC(=O)c1ccccc1NC(=O)/C(C#N)=C\NCc1cccc(CN)c1. The fourth-order valence-corrected chi connectivity index (χ4v) is 2.45. The standard InChI is InChI=1S/C21H22N4O3/c1-2-28-21(27)18-8-3-4-9-19(18)25-20(26)17(12-23)14-24-13-16-7-5-6-15(10-16)11-22/h3-10,14,24H,2,11,13,22H2,1H3,(H,25,26)/b17-14-. The number of rotatable bonds is 8. The summed E-state index contributed by atoms with van der Waals surface area (Å²) in [5.41, 5.74) is 7.98. The Bertz CT molecular complexity index is 916. The maximum atomic E-state index is 12.4. The lowest BCUT2D eigenvalue weighted by molar-refractivity contribution is -0.112. The zero-order valence-electron chi connectivity index (χ0n) is 15.6. The van der Waals surface area contributed by atoms with Gasteiger partial charge in [-0.15, -0.1) is 0 Å². The Morgan fingerprint density at radius 3 is 2.64 bits per heavy atom. The number of anilines is 1. The van der Waals surface area contributed by atoms with Gasteiger partial charge in [0.25, 0.3) is 5.91 Å². The van der Waals surface area contributed by atoms with E-state index in [-0.39, 0.29) is 23.4 Å². The van der Waals surface area contributed by atoms with Gasteiger partial charge in [-0.1, -0.05) is 36.4 Å². The highest BCUT2D eigenvalue weighted by molar-refractivity contribution is 6.09. The minimum atomic E-state index is -0.623. The Hall–Kier alpha value is -3.63. The molecule has 7 nitrogen and oxygen atoms in total. The Morgan fingerprint density at radius 1 is 1.18 bits per heavy atom. The molecule has 0 aliphatic rings. The number of nitrogens with one attached hydrogen (secondary N) is 2. The van der Waals surface area contributed by atoms with Crippen molar-refractivity contribution in [2.24, 2.45) is 5.73 Å². The predicted molar refractivity (Wildman–Crippen MR) is 106 cm³/mol. The first-order chi connectivity index (χ1) is 13.6. The lowest BCUT2D eigenvalue weighted by Gasteiger charge is -2.10. The summed E-state index contributed by atoms with van der Waals surface area (Å²) in [6.45, 7) is 2.80. The lowest BCUT2D eigenvalue weighted by atomic mass is 10.1. The smallest absolute Gasteiger partial charge is 0.340 e. The minimum absolute atomic E-state index is 0.117. The lowest BCUT2D eigenvalue weighted by Crippen LogP contribution is -2.19. The normalized spacial score (nSPS) is 10.7. The number of amides is 1. The van der Waals surface area contributed by atoms with Crippen molar-refractivity contribution in [1.29, 1.82) is 5.26 Å². The van der Waals surface area contributed by atoms with Gasteiger partial charge in [-0.25, -0.2) is 4.79 Å². The second-order valence-electron chi connectivity index (χ2n) is 5.79. The van der Waals surface area contributed by atoms with Crippen LogP contribution in [0.3, 0.4) is 0 Å². The molecule has 0 atom stereocenters. The van der Waals surface area contributed by atoms with Gasteiger partial charge in [-0.05, 0) is 30.2 Å². The molecule has 0 aliphatic carbocycles. The summed E-state index contributed by atoms with van der Waals surface area (Å²) >= 11 is 0. The summed E-state index contributed by atoms with van der Waals surface area (Å²) in [6, 6.07) is 16.0. The van der Waals surface area contributed by atoms with Crippen LogP contribution in [0.1, 0.15) is 28.4 Å². The molecule has 0 saturated carbocycles. The highest BCUT2D eigenvalue weighted by Gasteiger charge is 2.16. The Morgan fingerprint density at radius 2 is 1.93 bits per heavy atom. The van der Waals surface area contributed by atoms with Gasteiger partial charge in [-0.2, -0.15) is 5.26 Å². The van der Waals surface area contributed by atoms with Crippen molar-refractivity contribution < 1.29 is 14.3 Å². The summed E-state index contributed by atoms with van der Waals surface area (Å²) in [6.07, 6.45) is 1.34. The van der Waals surface area contributed by atoms with Crippen LogP contribution in [0.15, 0.2) is 60.3 Å². The summed E-state index contributed by atoms with van der Waals surface area (Å²) < 4.78 is 4.98. The van der Waals surface area contributed by atoms with E-state index in [1.54, 1.807) is 31.2 Å². The molecular formula is C21H22N4O3. The number of para-hydroxylation sites is 1. The molecule has 0 aliphatic heterocycles. The van der Waals surface area contributed by atoms with Crippen molar-refractivity contribution in [1.82, 2.24) is 5.32 Å². The van der Waals surface area contributed by atoms with Gasteiger partial charge in [0.2, 0.25) is 0 Å². The maximum Gasteiger partial charge on any atom is 0.340 e. The zero-order valence-corrected chi connectivity index (χ0v) is 15.6. The van der Waals surface area contributed by atoms with E-state index < -0.39 is 11.9 Å². The van der Waals surface area contributed by atoms with Crippen molar-refractivity contribution in [2.75, 3.05) is 11.9 Å². The van der Waals surface area contributed by atoms with Gasteiger partial charge in [-0.3, -0.25) is 4.79 Å². The van der Waals surface area contributed by atoms with E-state index >= 15 is 0 Å². The van der Waals surface area contributed by atoms with Crippen LogP contribution in [0.2, 0.25) is 0 Å². The molecule has 7 heteroatoms. The number of nitrogens with zero attached hydrogens (tertiary/aromatic N) is 1. The summed E-state index contributed by atoms with van der Waals surface area (Å²) in [7, 11) is 0. The fourth-order valence-electron chi connectivity index (χ4n) is 2.45. The fraction of sp³-hybridized carbons (Fsp3) is 0.190. The molecular weight excluding hydrogens is 356 g/mol. The van der Waals surface area contributed by atoms with E-state index in [4.69, 9.17) is 10.5 Å². The molecule has 1 amide bonds. The molecule has 0 heterocycles. The molecule has 0 aromatic heterocycles. The van der Waals surface area contributed by atoms with E-state index in [0.717, 1.165) is 11.1 Å². The van der Waals surface area contributed by atoms with E-state index in [0.29, 0.717) is 13.1 Å². The van der Waals surface area contributed by atoms with Crippen LogP contribution in [0.25, 0.3) is 0 Å². The van der Waals surface area contributed by atoms with Crippen LogP contribution in [-0.2, 0) is 22.6 Å². The predicted octanol–water partition coefficient (Wildman–Crippen LogP) is 2.46. The number of nitrogens with two attached hydrogens (primary N) is 1. The van der Waals surface area contributed by atoms with E-state index in [2.05, 4.69) is 10.6 Å². The van der Waals surface area contributed by atoms with Crippen LogP contribution in [-0.4, -0.2) is 18.5 Å². The Balaban J connectivity index is 2.06. The van der Waals surface area contributed by atoms with E-state index in [1.165, 1.54) is 6.20 Å². The summed E-state index contributed by atoms with van der Waals surface area (Å²) in [5.74, 6) is -1.17. The second-order valence-corrected chi connectivity index (χ2v) is 5.79. The number of carbonyl (C=O) groups is 2. The molecule has 2 aromatic rings. The van der Waals surface area contributed by atoms with Crippen molar-refractivity contribution in [2.45, 2.75) is 20.0 Å².